The van der Waals surface area contributed by atoms with Crippen LogP contribution >= 0.6 is 11.8 Å². The number of thioether (sulfide) groups is 1. The lowest BCUT2D eigenvalue weighted by Gasteiger charge is -2.12. The van der Waals surface area contributed by atoms with E-state index in [1.807, 2.05) is 79.1 Å². The van der Waals surface area contributed by atoms with Crippen molar-refractivity contribution in [3.63, 3.8) is 0 Å². The first-order chi connectivity index (χ1) is 11.2. The molecule has 0 bridgehead atoms. The number of benzene rings is 2. The van der Waals surface area contributed by atoms with E-state index in [-0.39, 0.29) is 11.0 Å². The third-order valence-corrected chi connectivity index (χ3v) is 4.56. The first kappa shape index (κ1) is 15.5. The number of carbonyl (C=O) groups is 1. The molecule has 1 unspecified atom stereocenters. The van der Waals surface area contributed by atoms with Crippen molar-refractivity contribution in [2.75, 3.05) is 0 Å². The fourth-order valence-corrected chi connectivity index (χ4v) is 3.33. The standard InChI is InChI=1S/C18H17N3OS/c1-13(17(22)15-9-5-3-6-10-15)23-18-20-19-14(2)21(18)16-11-7-4-8-12-16/h3-13H,1-2H3. The number of Topliss-reactive ketones (excluding diaryl/α,β-unsaturated/α-hetero) is 1. The Morgan fingerprint density at radius 3 is 2.26 bits per heavy atom. The summed E-state index contributed by atoms with van der Waals surface area (Å²) in [7, 11) is 0. The van der Waals surface area contributed by atoms with E-state index in [4.69, 9.17) is 0 Å². The van der Waals surface area contributed by atoms with Gasteiger partial charge in [-0.1, -0.05) is 60.3 Å². The minimum atomic E-state index is -0.233. The molecule has 1 aromatic heterocycles. The summed E-state index contributed by atoms with van der Waals surface area (Å²) in [5, 5.41) is 8.89. The number of carbonyl (C=O) groups excluding carboxylic acids is 1. The molecule has 3 aromatic rings. The van der Waals surface area contributed by atoms with E-state index in [9.17, 15) is 4.79 Å². The second-order valence-corrected chi connectivity index (χ2v) is 6.50. The van der Waals surface area contributed by atoms with Crippen LogP contribution in [-0.4, -0.2) is 25.8 Å². The van der Waals surface area contributed by atoms with Gasteiger partial charge in [0.05, 0.1) is 5.25 Å². The first-order valence-corrected chi connectivity index (χ1v) is 8.28. The number of aromatic nitrogens is 3. The topological polar surface area (TPSA) is 47.8 Å². The Morgan fingerprint density at radius 2 is 1.61 bits per heavy atom. The average molecular weight is 323 g/mol. The normalized spacial score (nSPS) is 12.1. The van der Waals surface area contributed by atoms with Crippen molar-refractivity contribution >= 4 is 17.5 Å². The van der Waals surface area contributed by atoms with Crippen molar-refractivity contribution in [2.45, 2.75) is 24.3 Å². The molecule has 0 aliphatic carbocycles. The number of para-hydroxylation sites is 1. The molecule has 0 fully saturated rings. The zero-order chi connectivity index (χ0) is 16.2. The SMILES string of the molecule is Cc1nnc(SC(C)C(=O)c2ccccc2)n1-c1ccccc1. The Labute approximate surface area is 139 Å². The maximum atomic E-state index is 12.5. The number of rotatable bonds is 5. The van der Waals surface area contributed by atoms with Gasteiger partial charge in [-0.25, -0.2) is 0 Å². The Kier molecular flexibility index (Phi) is 4.57. The third-order valence-electron chi connectivity index (χ3n) is 3.52. The average Bonchev–Trinajstić information content (AvgIpc) is 2.96. The van der Waals surface area contributed by atoms with Crippen LogP contribution in [0.4, 0.5) is 0 Å². The van der Waals surface area contributed by atoms with Crippen molar-refractivity contribution in [1.29, 1.82) is 0 Å². The first-order valence-electron chi connectivity index (χ1n) is 7.40. The quantitative estimate of drug-likeness (QED) is 0.527. The van der Waals surface area contributed by atoms with E-state index in [0.717, 1.165) is 22.2 Å². The number of hydrogen-bond acceptors (Lipinski definition) is 4. The van der Waals surface area contributed by atoms with Crippen molar-refractivity contribution in [1.82, 2.24) is 14.8 Å². The van der Waals surface area contributed by atoms with Crippen molar-refractivity contribution in [3.05, 3.63) is 72.1 Å². The summed E-state index contributed by atoms with van der Waals surface area (Å²) in [6, 6.07) is 19.3. The summed E-state index contributed by atoms with van der Waals surface area (Å²) in [6.45, 7) is 3.81. The van der Waals surface area contributed by atoms with Crippen LogP contribution in [0.3, 0.4) is 0 Å². The molecule has 0 saturated carbocycles. The molecule has 0 spiro atoms. The molecule has 0 N–H and O–H groups in total. The maximum absolute atomic E-state index is 12.5. The van der Waals surface area contributed by atoms with Gasteiger partial charge in [0.1, 0.15) is 5.82 Å². The molecule has 0 aliphatic rings. The van der Waals surface area contributed by atoms with Gasteiger partial charge in [0.25, 0.3) is 0 Å². The van der Waals surface area contributed by atoms with Gasteiger partial charge in [0.2, 0.25) is 0 Å². The van der Waals surface area contributed by atoms with Crippen LogP contribution in [0.25, 0.3) is 5.69 Å². The highest BCUT2D eigenvalue weighted by Gasteiger charge is 2.20. The van der Waals surface area contributed by atoms with Gasteiger partial charge < -0.3 is 0 Å². The van der Waals surface area contributed by atoms with Crippen molar-refractivity contribution in [2.24, 2.45) is 0 Å². The number of nitrogens with zero attached hydrogens (tertiary/aromatic N) is 3. The monoisotopic (exact) mass is 323 g/mol. The van der Waals surface area contributed by atoms with Gasteiger partial charge in [-0.15, -0.1) is 10.2 Å². The van der Waals surface area contributed by atoms with Crippen molar-refractivity contribution < 1.29 is 4.79 Å². The highest BCUT2D eigenvalue weighted by atomic mass is 32.2. The molecule has 0 radical (unpaired) electrons. The molecular formula is C18H17N3OS. The predicted molar refractivity (Wildman–Crippen MR) is 92.2 cm³/mol. The minimum Gasteiger partial charge on any atom is -0.293 e. The van der Waals surface area contributed by atoms with Crippen LogP contribution < -0.4 is 0 Å². The number of ketones is 1. The maximum Gasteiger partial charge on any atom is 0.196 e. The predicted octanol–water partition coefficient (Wildman–Crippen LogP) is 3.94. The second-order valence-electron chi connectivity index (χ2n) is 5.19. The third kappa shape index (κ3) is 3.35. The molecule has 1 heterocycles. The van der Waals surface area contributed by atoms with Gasteiger partial charge in [-0.2, -0.15) is 0 Å². The van der Waals surface area contributed by atoms with Crippen LogP contribution in [0.5, 0.6) is 0 Å². The largest absolute Gasteiger partial charge is 0.293 e. The zero-order valence-corrected chi connectivity index (χ0v) is 13.8. The van der Waals surface area contributed by atoms with Gasteiger partial charge in [-0.05, 0) is 26.0 Å². The van der Waals surface area contributed by atoms with E-state index in [1.165, 1.54) is 11.8 Å². The second kappa shape index (κ2) is 6.79. The van der Waals surface area contributed by atoms with Crippen LogP contribution in [0.1, 0.15) is 23.1 Å². The summed E-state index contributed by atoms with van der Waals surface area (Å²) in [5.74, 6) is 0.897. The van der Waals surface area contributed by atoms with Crippen LogP contribution in [0, 0.1) is 6.92 Å². The molecule has 0 amide bonds. The Bertz CT molecular complexity index is 800. The summed E-state index contributed by atoms with van der Waals surface area (Å²) in [5.41, 5.74) is 1.71. The smallest absolute Gasteiger partial charge is 0.196 e. The highest BCUT2D eigenvalue weighted by molar-refractivity contribution is 8.00. The zero-order valence-electron chi connectivity index (χ0n) is 13.0. The van der Waals surface area contributed by atoms with Crippen LogP contribution in [-0.2, 0) is 0 Å². The summed E-state index contributed by atoms with van der Waals surface area (Å²) in [6.07, 6.45) is 0. The molecule has 116 valence electrons. The van der Waals surface area contributed by atoms with Crippen LogP contribution in [0.15, 0.2) is 65.8 Å². The lowest BCUT2D eigenvalue weighted by molar-refractivity contribution is 0.0994. The van der Waals surface area contributed by atoms with E-state index < -0.39 is 0 Å². The van der Waals surface area contributed by atoms with E-state index in [2.05, 4.69) is 10.2 Å². The number of hydrogen-bond donors (Lipinski definition) is 0. The molecule has 2 aromatic carbocycles. The Balaban J connectivity index is 1.85. The van der Waals surface area contributed by atoms with Gasteiger partial charge >= 0.3 is 0 Å². The molecular weight excluding hydrogens is 306 g/mol. The lowest BCUT2D eigenvalue weighted by Crippen LogP contribution is -2.14. The van der Waals surface area contributed by atoms with Crippen molar-refractivity contribution in [3.8, 4) is 5.69 Å². The van der Waals surface area contributed by atoms with Crippen LogP contribution in [0.2, 0.25) is 0 Å². The molecule has 0 saturated heterocycles. The fraction of sp³-hybridized carbons (Fsp3) is 0.167. The molecule has 4 nitrogen and oxygen atoms in total. The van der Waals surface area contributed by atoms with E-state index in [1.54, 1.807) is 0 Å². The number of aryl methyl sites for hydroxylation is 1. The minimum absolute atomic E-state index is 0.0934. The fourth-order valence-electron chi connectivity index (χ4n) is 2.34. The molecule has 0 aliphatic heterocycles. The molecule has 23 heavy (non-hydrogen) atoms. The Hall–Kier alpha value is -2.40. The summed E-state index contributed by atoms with van der Waals surface area (Å²) >= 11 is 1.43. The summed E-state index contributed by atoms with van der Waals surface area (Å²) < 4.78 is 1.97. The molecule has 3 rings (SSSR count). The van der Waals surface area contributed by atoms with Gasteiger partial charge in [0.15, 0.2) is 10.9 Å². The highest BCUT2D eigenvalue weighted by Crippen LogP contribution is 2.27. The molecule has 5 heteroatoms. The van der Waals surface area contributed by atoms with E-state index >= 15 is 0 Å². The van der Waals surface area contributed by atoms with E-state index in [0.29, 0.717) is 0 Å². The van der Waals surface area contributed by atoms with Gasteiger partial charge in [-0.3, -0.25) is 9.36 Å². The van der Waals surface area contributed by atoms with Gasteiger partial charge in [0, 0.05) is 11.3 Å². The Morgan fingerprint density at radius 1 is 1.00 bits per heavy atom. The lowest BCUT2D eigenvalue weighted by atomic mass is 10.1. The molecule has 1 atom stereocenters. The summed E-state index contributed by atoms with van der Waals surface area (Å²) in [4.78, 5) is 12.5.